The Hall–Kier alpha value is -1.85. The van der Waals surface area contributed by atoms with E-state index in [1.807, 2.05) is 46.4 Å². The highest BCUT2D eigenvalue weighted by atomic mass is 32.2. The number of nitrogens with one attached hydrogen (secondary N) is 1. The Kier molecular flexibility index (Phi) is 9.23. The molecule has 206 valence electrons. The van der Waals surface area contributed by atoms with Crippen LogP contribution in [-0.2, 0) is 18.8 Å². The van der Waals surface area contributed by atoms with Crippen molar-refractivity contribution in [3.05, 3.63) is 12.4 Å². The van der Waals surface area contributed by atoms with Gasteiger partial charge in [-0.1, -0.05) is 25.6 Å². The van der Waals surface area contributed by atoms with Crippen LogP contribution in [0.5, 0.6) is 0 Å². The maximum Gasteiger partial charge on any atom is 0.498 e. The number of hydrogen-bond donors (Lipinski definition) is 1. The van der Waals surface area contributed by atoms with E-state index in [9.17, 15) is 9.59 Å². The number of piperidine rings is 1. The molecule has 1 N–H and O–H groups in total. The molecule has 0 bridgehead atoms. The van der Waals surface area contributed by atoms with E-state index in [1.165, 1.54) is 0 Å². The summed E-state index contributed by atoms with van der Waals surface area (Å²) in [4.78, 5) is 36.5. The zero-order chi connectivity index (χ0) is 27.6. The normalized spacial score (nSPS) is 22.2. The van der Waals surface area contributed by atoms with Gasteiger partial charge in [0.25, 0.3) is 0 Å². The summed E-state index contributed by atoms with van der Waals surface area (Å²) in [6, 6.07) is -0.618. The fourth-order valence-electron chi connectivity index (χ4n) is 4.24. The molecule has 3 heterocycles. The van der Waals surface area contributed by atoms with Crippen LogP contribution in [0.25, 0.3) is 0 Å². The number of carbonyl (C=O) groups is 2. The van der Waals surface area contributed by atoms with E-state index in [1.54, 1.807) is 44.9 Å². The van der Waals surface area contributed by atoms with Crippen molar-refractivity contribution in [2.75, 3.05) is 18.8 Å². The van der Waals surface area contributed by atoms with Gasteiger partial charge >= 0.3 is 13.2 Å². The van der Waals surface area contributed by atoms with Gasteiger partial charge in [0.05, 0.1) is 11.2 Å². The Labute approximate surface area is 226 Å². The number of carbonyl (C=O) groups excluding carboxylic acids is 2. The first-order chi connectivity index (χ1) is 17.1. The molecule has 37 heavy (non-hydrogen) atoms. The van der Waals surface area contributed by atoms with Crippen LogP contribution in [0.3, 0.4) is 0 Å². The minimum Gasteiger partial charge on any atom is -0.444 e. The zero-order valence-electron chi connectivity index (χ0n) is 23.8. The summed E-state index contributed by atoms with van der Waals surface area (Å²) in [6.45, 7) is 18.7. The molecule has 1 aromatic heterocycles. The second-order valence-electron chi connectivity index (χ2n) is 12.4. The average molecular weight is 535 g/mol. The summed E-state index contributed by atoms with van der Waals surface area (Å²) >= 11 is 1.59. The Morgan fingerprint density at radius 2 is 1.78 bits per heavy atom. The fourth-order valence-corrected chi connectivity index (χ4v) is 5.15. The number of rotatable bonds is 7. The fraction of sp³-hybridized carbons (Fsp3) is 0.769. The second-order valence-corrected chi connectivity index (χ2v) is 13.3. The smallest absolute Gasteiger partial charge is 0.444 e. The largest absolute Gasteiger partial charge is 0.498 e. The number of alkyl carbamates (subject to hydrolysis) is 1. The zero-order valence-corrected chi connectivity index (χ0v) is 24.6. The average Bonchev–Trinajstić information content (AvgIpc) is 3.01. The van der Waals surface area contributed by atoms with Crippen molar-refractivity contribution in [2.45, 2.75) is 103 Å². The minimum absolute atomic E-state index is 0.0503. The Morgan fingerprint density at radius 1 is 1.19 bits per heavy atom. The monoisotopic (exact) mass is 534 g/mol. The highest BCUT2D eigenvalue weighted by molar-refractivity contribution is 7.99. The van der Waals surface area contributed by atoms with E-state index in [2.05, 4.69) is 15.3 Å². The molecule has 0 unspecified atom stereocenters. The van der Waals surface area contributed by atoms with E-state index in [0.29, 0.717) is 24.2 Å². The van der Waals surface area contributed by atoms with Crippen LogP contribution in [0.15, 0.2) is 17.6 Å². The van der Waals surface area contributed by atoms with Crippen molar-refractivity contribution < 1.29 is 23.6 Å². The first-order valence-electron chi connectivity index (χ1n) is 13.2. The highest BCUT2D eigenvalue weighted by Crippen LogP contribution is 2.36. The van der Waals surface area contributed by atoms with Crippen LogP contribution < -0.4 is 10.8 Å². The maximum absolute atomic E-state index is 13.3. The van der Waals surface area contributed by atoms with Gasteiger partial charge in [-0.25, -0.2) is 14.8 Å². The molecule has 2 aliphatic heterocycles. The van der Waals surface area contributed by atoms with Gasteiger partial charge in [-0.3, -0.25) is 4.79 Å². The van der Waals surface area contributed by atoms with Gasteiger partial charge in [0.2, 0.25) is 5.91 Å². The van der Waals surface area contributed by atoms with Gasteiger partial charge in [0, 0.05) is 36.7 Å². The van der Waals surface area contributed by atoms with Crippen LogP contribution in [0.2, 0.25) is 0 Å². The molecule has 0 spiro atoms. The van der Waals surface area contributed by atoms with E-state index >= 15 is 0 Å². The minimum atomic E-state index is -0.618. The number of likely N-dealkylation sites (tertiary alicyclic amines) is 1. The SMILES string of the molecule is CC(C)[C@H](NC(=O)OC(C)(C)C)C(=O)N1CCC[C@@H](CSc2ncc(B3OC(C)(C)C(C)(C)O3)cn2)C1. The summed E-state index contributed by atoms with van der Waals surface area (Å²) < 4.78 is 17.5. The second kappa shape index (κ2) is 11.5. The van der Waals surface area contributed by atoms with Crippen LogP contribution >= 0.6 is 11.8 Å². The third kappa shape index (κ3) is 7.83. The van der Waals surface area contributed by atoms with Crippen molar-refractivity contribution >= 4 is 36.3 Å². The molecule has 2 fully saturated rings. The molecule has 11 heteroatoms. The molecule has 2 amide bonds. The number of ether oxygens (including phenoxy) is 1. The molecule has 2 saturated heterocycles. The molecule has 1 aromatic rings. The molecule has 0 saturated carbocycles. The van der Waals surface area contributed by atoms with Gasteiger partial charge < -0.3 is 24.3 Å². The van der Waals surface area contributed by atoms with Crippen molar-refractivity contribution in [1.29, 1.82) is 0 Å². The Bertz CT molecular complexity index is 935. The standard InChI is InChI=1S/C26H43BN4O5S/c1-17(2)20(30-23(33)34-24(3,4)5)21(32)31-12-10-11-18(15-31)16-37-22-28-13-19(14-29-22)27-35-25(6,7)26(8,9)36-27/h13-14,17-18,20H,10-12,15-16H2,1-9H3,(H,30,33)/t18-,20+/m1/s1. The predicted octanol–water partition coefficient (Wildman–Crippen LogP) is 3.66. The predicted molar refractivity (Wildman–Crippen MR) is 146 cm³/mol. The number of nitrogens with zero attached hydrogens (tertiary/aromatic N) is 3. The van der Waals surface area contributed by atoms with E-state index in [0.717, 1.165) is 24.1 Å². The molecular formula is C26H43BN4O5S. The third-order valence-corrected chi connectivity index (χ3v) is 8.16. The topological polar surface area (TPSA) is 103 Å². The van der Waals surface area contributed by atoms with Gasteiger partial charge in [-0.2, -0.15) is 0 Å². The molecule has 2 atom stereocenters. The summed E-state index contributed by atoms with van der Waals surface area (Å²) in [7, 11) is -0.481. The van der Waals surface area contributed by atoms with Gasteiger partial charge in [0.1, 0.15) is 11.6 Å². The maximum atomic E-state index is 13.3. The van der Waals surface area contributed by atoms with E-state index in [-0.39, 0.29) is 11.8 Å². The number of aromatic nitrogens is 2. The van der Waals surface area contributed by atoms with Crippen molar-refractivity contribution in [1.82, 2.24) is 20.2 Å². The van der Waals surface area contributed by atoms with Crippen molar-refractivity contribution in [2.24, 2.45) is 11.8 Å². The van der Waals surface area contributed by atoms with Crippen LogP contribution in [0.1, 0.15) is 75.2 Å². The summed E-state index contributed by atoms with van der Waals surface area (Å²) in [6.07, 6.45) is 4.93. The Morgan fingerprint density at radius 3 is 2.32 bits per heavy atom. The van der Waals surface area contributed by atoms with Crippen LogP contribution in [0, 0.1) is 11.8 Å². The number of amides is 2. The molecule has 9 nitrogen and oxygen atoms in total. The molecule has 0 radical (unpaired) electrons. The van der Waals surface area contributed by atoms with Crippen molar-refractivity contribution in [3.8, 4) is 0 Å². The third-order valence-electron chi connectivity index (χ3n) is 7.06. The summed E-state index contributed by atoms with van der Waals surface area (Å²) in [5.74, 6) is 1.03. The van der Waals surface area contributed by atoms with E-state index in [4.69, 9.17) is 14.0 Å². The summed E-state index contributed by atoms with van der Waals surface area (Å²) in [5.41, 5.74) is -0.638. The van der Waals surface area contributed by atoms with Crippen molar-refractivity contribution in [3.63, 3.8) is 0 Å². The van der Waals surface area contributed by atoms with Gasteiger partial charge in [0.15, 0.2) is 5.16 Å². The van der Waals surface area contributed by atoms with Crippen LogP contribution in [0.4, 0.5) is 4.79 Å². The molecule has 0 aliphatic carbocycles. The number of hydrogen-bond acceptors (Lipinski definition) is 8. The van der Waals surface area contributed by atoms with Gasteiger partial charge in [-0.05, 0) is 73.1 Å². The lowest BCUT2D eigenvalue weighted by Crippen LogP contribution is -2.54. The lowest BCUT2D eigenvalue weighted by molar-refractivity contribution is -0.136. The molecule has 2 aliphatic rings. The first kappa shape index (κ1) is 29.7. The number of thioether (sulfide) groups is 1. The lowest BCUT2D eigenvalue weighted by Gasteiger charge is -2.36. The van der Waals surface area contributed by atoms with E-state index < -0.39 is 36.1 Å². The molecular weight excluding hydrogens is 491 g/mol. The lowest BCUT2D eigenvalue weighted by atomic mass is 9.81. The molecule has 0 aromatic carbocycles. The summed E-state index contributed by atoms with van der Waals surface area (Å²) in [5, 5.41) is 3.47. The Balaban J connectivity index is 1.53. The van der Waals surface area contributed by atoms with Gasteiger partial charge in [-0.15, -0.1) is 0 Å². The first-order valence-corrected chi connectivity index (χ1v) is 14.2. The molecule has 3 rings (SSSR count). The van der Waals surface area contributed by atoms with Crippen LogP contribution in [-0.4, -0.2) is 75.7 Å². The highest BCUT2D eigenvalue weighted by Gasteiger charge is 2.52. The quantitative estimate of drug-likeness (QED) is 0.321.